The number of rotatable bonds is 8. The lowest BCUT2D eigenvalue weighted by Crippen LogP contribution is -2.36. The molecule has 17 heavy (non-hydrogen) atoms. The van der Waals surface area contributed by atoms with Crippen LogP contribution in [0.15, 0.2) is 0 Å². The van der Waals surface area contributed by atoms with E-state index in [9.17, 15) is 19.2 Å². The third-order valence-electron chi connectivity index (χ3n) is 1.60. The molecule has 0 aliphatic heterocycles. The van der Waals surface area contributed by atoms with Crippen LogP contribution < -0.4 is 0 Å². The first-order valence-corrected chi connectivity index (χ1v) is 4.28. The minimum Gasteiger partial charge on any atom is -0.481 e. The van der Waals surface area contributed by atoms with E-state index in [0.29, 0.717) is 0 Å². The molecule has 9 nitrogen and oxygen atoms in total. The smallest absolute Gasteiger partial charge is 0.333 e. The monoisotopic (exact) mass is 250 g/mol. The number of carboxylic acid groups (broad SMARTS) is 4. The molecule has 2 atom stereocenters. The first kappa shape index (κ1) is 14.8. The molecule has 0 aliphatic rings. The van der Waals surface area contributed by atoms with Gasteiger partial charge >= 0.3 is 23.9 Å². The first-order valence-electron chi connectivity index (χ1n) is 4.28. The average Bonchev–Trinajstić information content (AvgIpc) is 2.13. The topological polar surface area (TPSA) is 158 Å². The summed E-state index contributed by atoms with van der Waals surface area (Å²) in [5, 5.41) is 33.8. The maximum Gasteiger partial charge on any atom is 0.333 e. The first-order chi connectivity index (χ1) is 7.73. The van der Waals surface area contributed by atoms with Gasteiger partial charge in [-0.3, -0.25) is 9.59 Å². The third kappa shape index (κ3) is 6.10. The lowest BCUT2D eigenvalue weighted by atomic mass is 10.2. The number of hydrogen-bond acceptors (Lipinski definition) is 5. The summed E-state index contributed by atoms with van der Waals surface area (Å²) < 4.78 is 4.43. The Bertz CT molecular complexity index is 302. The predicted molar refractivity (Wildman–Crippen MR) is 48.4 cm³/mol. The summed E-state index contributed by atoms with van der Waals surface area (Å²) in [4.78, 5) is 41.7. The van der Waals surface area contributed by atoms with E-state index in [1.165, 1.54) is 0 Å². The summed E-state index contributed by atoms with van der Waals surface area (Å²) in [6.07, 6.45) is -5.74. The average molecular weight is 250 g/mol. The van der Waals surface area contributed by atoms with Gasteiger partial charge in [0.2, 0.25) is 0 Å². The molecule has 0 bridgehead atoms. The van der Waals surface area contributed by atoms with Crippen molar-refractivity contribution in [1.29, 1.82) is 0 Å². The van der Waals surface area contributed by atoms with Crippen LogP contribution in [0.4, 0.5) is 0 Å². The quantitative estimate of drug-likeness (QED) is 0.417. The highest BCUT2D eigenvalue weighted by atomic mass is 16.5. The standard InChI is InChI=1S/C8H10O9/c9-5(10)1-3(7(13)14)17-4(8(15)16)2-6(11)12/h3-4H,1-2H2,(H,9,10)(H,11,12)(H,13,14)(H,15,16). The zero-order chi connectivity index (χ0) is 13.6. The van der Waals surface area contributed by atoms with Gasteiger partial charge in [-0.15, -0.1) is 0 Å². The molecule has 0 radical (unpaired) electrons. The van der Waals surface area contributed by atoms with Crippen molar-refractivity contribution in [3.63, 3.8) is 0 Å². The van der Waals surface area contributed by atoms with Crippen molar-refractivity contribution >= 4 is 23.9 Å². The molecule has 0 heterocycles. The molecule has 0 amide bonds. The van der Waals surface area contributed by atoms with Gasteiger partial charge in [-0.05, 0) is 0 Å². The van der Waals surface area contributed by atoms with E-state index in [2.05, 4.69) is 4.74 Å². The Labute approximate surface area is 94.2 Å². The highest BCUT2D eigenvalue weighted by Gasteiger charge is 2.30. The molecule has 0 saturated heterocycles. The van der Waals surface area contributed by atoms with E-state index < -0.39 is 48.9 Å². The third-order valence-corrected chi connectivity index (χ3v) is 1.60. The van der Waals surface area contributed by atoms with Crippen LogP contribution in [-0.2, 0) is 23.9 Å². The second-order valence-electron chi connectivity index (χ2n) is 2.99. The molecule has 0 rings (SSSR count). The number of carboxylic acids is 4. The Balaban J connectivity index is 4.67. The van der Waals surface area contributed by atoms with Gasteiger partial charge in [-0.25, -0.2) is 9.59 Å². The van der Waals surface area contributed by atoms with Gasteiger partial charge in [-0.1, -0.05) is 0 Å². The molecular weight excluding hydrogens is 240 g/mol. The van der Waals surface area contributed by atoms with Crippen LogP contribution in [0.3, 0.4) is 0 Å². The SMILES string of the molecule is O=C(O)CC(OC(CC(=O)O)C(=O)O)C(=O)O. The van der Waals surface area contributed by atoms with Gasteiger partial charge in [0.1, 0.15) is 0 Å². The van der Waals surface area contributed by atoms with Crippen LogP contribution in [0.25, 0.3) is 0 Å². The molecule has 0 spiro atoms. The van der Waals surface area contributed by atoms with E-state index in [-0.39, 0.29) is 0 Å². The molecular formula is C8H10O9. The van der Waals surface area contributed by atoms with Crippen LogP contribution in [0.1, 0.15) is 12.8 Å². The molecule has 0 aliphatic carbocycles. The second-order valence-corrected chi connectivity index (χ2v) is 2.99. The summed E-state index contributed by atoms with van der Waals surface area (Å²) in [7, 11) is 0. The maximum atomic E-state index is 10.6. The Morgan fingerprint density at radius 1 is 0.765 bits per heavy atom. The zero-order valence-corrected chi connectivity index (χ0v) is 8.40. The van der Waals surface area contributed by atoms with Crippen molar-refractivity contribution in [1.82, 2.24) is 0 Å². The molecule has 0 saturated carbocycles. The van der Waals surface area contributed by atoms with Crippen LogP contribution in [0.2, 0.25) is 0 Å². The zero-order valence-electron chi connectivity index (χ0n) is 8.40. The Morgan fingerprint density at radius 2 is 1.06 bits per heavy atom. The fourth-order valence-electron chi connectivity index (χ4n) is 0.903. The lowest BCUT2D eigenvalue weighted by molar-refractivity contribution is -0.172. The predicted octanol–water partition coefficient (Wildman–Crippen LogP) is -1.14. The molecule has 9 heteroatoms. The maximum absolute atomic E-state index is 10.6. The molecule has 96 valence electrons. The summed E-state index contributed by atoms with van der Waals surface area (Å²) in [5.74, 6) is -6.36. The second kappa shape index (κ2) is 6.43. The summed E-state index contributed by atoms with van der Waals surface area (Å²) >= 11 is 0. The normalized spacial score (nSPS) is 13.6. The van der Waals surface area contributed by atoms with Crippen molar-refractivity contribution in [2.75, 3.05) is 0 Å². The molecule has 2 unspecified atom stereocenters. The van der Waals surface area contributed by atoms with Crippen molar-refractivity contribution < 1.29 is 44.3 Å². The number of hydrogen-bond donors (Lipinski definition) is 4. The van der Waals surface area contributed by atoms with E-state index >= 15 is 0 Å². The molecule has 0 fully saturated rings. The van der Waals surface area contributed by atoms with E-state index in [0.717, 1.165) is 0 Å². The van der Waals surface area contributed by atoms with Crippen molar-refractivity contribution in [2.24, 2.45) is 0 Å². The molecule has 0 aromatic heterocycles. The fourth-order valence-corrected chi connectivity index (χ4v) is 0.903. The Hall–Kier alpha value is -2.16. The Morgan fingerprint density at radius 3 is 1.24 bits per heavy atom. The van der Waals surface area contributed by atoms with Gasteiger partial charge in [0.05, 0.1) is 12.8 Å². The minimum atomic E-state index is -1.91. The molecule has 0 aromatic rings. The highest BCUT2D eigenvalue weighted by molar-refractivity contribution is 5.82. The van der Waals surface area contributed by atoms with Crippen LogP contribution in [0.5, 0.6) is 0 Å². The summed E-state index contributed by atoms with van der Waals surface area (Å²) in [6.45, 7) is 0. The molecule has 4 N–H and O–H groups in total. The van der Waals surface area contributed by atoms with Gasteiger partial charge in [0.25, 0.3) is 0 Å². The van der Waals surface area contributed by atoms with Gasteiger partial charge in [-0.2, -0.15) is 0 Å². The summed E-state index contributed by atoms with van der Waals surface area (Å²) in [5.41, 5.74) is 0. The van der Waals surface area contributed by atoms with Gasteiger partial charge < -0.3 is 25.2 Å². The van der Waals surface area contributed by atoms with E-state index in [4.69, 9.17) is 20.4 Å². The Kier molecular flexibility index (Phi) is 5.61. The number of aliphatic carboxylic acids is 4. The van der Waals surface area contributed by atoms with Crippen LogP contribution in [-0.4, -0.2) is 56.5 Å². The highest BCUT2D eigenvalue weighted by Crippen LogP contribution is 2.08. The van der Waals surface area contributed by atoms with Crippen LogP contribution >= 0.6 is 0 Å². The van der Waals surface area contributed by atoms with E-state index in [1.807, 2.05) is 0 Å². The van der Waals surface area contributed by atoms with Gasteiger partial charge in [0, 0.05) is 0 Å². The van der Waals surface area contributed by atoms with E-state index in [1.54, 1.807) is 0 Å². The van der Waals surface area contributed by atoms with Crippen LogP contribution in [0, 0.1) is 0 Å². The summed E-state index contributed by atoms with van der Waals surface area (Å²) in [6, 6.07) is 0. The number of ether oxygens (including phenoxy) is 1. The largest absolute Gasteiger partial charge is 0.481 e. The van der Waals surface area contributed by atoms with Gasteiger partial charge in [0.15, 0.2) is 12.2 Å². The van der Waals surface area contributed by atoms with Crippen molar-refractivity contribution in [2.45, 2.75) is 25.0 Å². The minimum absolute atomic E-state index is 0.960. The van der Waals surface area contributed by atoms with Crippen molar-refractivity contribution in [3.05, 3.63) is 0 Å². The van der Waals surface area contributed by atoms with Crippen molar-refractivity contribution in [3.8, 4) is 0 Å². The fraction of sp³-hybridized carbons (Fsp3) is 0.500. The lowest BCUT2D eigenvalue weighted by Gasteiger charge is -2.16. The molecule has 0 aromatic carbocycles. The number of carbonyl (C=O) groups is 4.